The van der Waals surface area contributed by atoms with Crippen LogP contribution < -0.4 is 0 Å². The van der Waals surface area contributed by atoms with Crippen LogP contribution in [0.3, 0.4) is 0 Å². The largest absolute Gasteiger partial charge is 0.250 e. The van der Waals surface area contributed by atoms with Gasteiger partial charge in [0.1, 0.15) is 12.7 Å². The predicted octanol–water partition coefficient (Wildman–Crippen LogP) is 5.54. The first-order chi connectivity index (χ1) is 9.88. The van der Waals surface area contributed by atoms with Crippen molar-refractivity contribution in [3.8, 4) is 0 Å². The summed E-state index contributed by atoms with van der Waals surface area (Å²) in [5, 5.41) is 4.26. The summed E-state index contributed by atoms with van der Waals surface area (Å²) in [6, 6.07) is 0.548. The average molecular weight is 279 g/mol. The Labute approximate surface area is 125 Å². The van der Waals surface area contributed by atoms with Crippen molar-refractivity contribution in [2.75, 3.05) is 0 Å². The number of rotatable bonds is 13. The summed E-state index contributed by atoms with van der Waals surface area (Å²) >= 11 is 0. The molecule has 3 heteroatoms. The fourth-order valence-electron chi connectivity index (χ4n) is 2.80. The van der Waals surface area contributed by atoms with Gasteiger partial charge in [-0.25, -0.2) is 9.67 Å². The first-order valence-electron chi connectivity index (χ1n) is 8.72. The molecule has 1 aromatic heterocycles. The minimum Gasteiger partial charge on any atom is -0.250 e. The van der Waals surface area contributed by atoms with E-state index in [0.717, 1.165) is 6.42 Å². The van der Waals surface area contributed by atoms with Crippen LogP contribution >= 0.6 is 0 Å². The summed E-state index contributed by atoms with van der Waals surface area (Å²) in [5.74, 6) is 0. The summed E-state index contributed by atoms with van der Waals surface area (Å²) in [7, 11) is 0. The average Bonchev–Trinajstić information content (AvgIpc) is 2.99. The number of nitrogens with zero attached hydrogens (tertiary/aromatic N) is 3. The van der Waals surface area contributed by atoms with Crippen molar-refractivity contribution in [2.45, 2.75) is 96.9 Å². The first kappa shape index (κ1) is 17.2. The Morgan fingerprint density at radius 3 is 1.95 bits per heavy atom. The highest BCUT2D eigenvalue weighted by atomic mass is 15.3. The van der Waals surface area contributed by atoms with Crippen molar-refractivity contribution in [3.05, 3.63) is 12.7 Å². The van der Waals surface area contributed by atoms with Crippen molar-refractivity contribution in [3.63, 3.8) is 0 Å². The van der Waals surface area contributed by atoms with E-state index in [1.165, 1.54) is 70.6 Å². The Bertz CT molecular complexity index is 295. The monoisotopic (exact) mass is 279 g/mol. The van der Waals surface area contributed by atoms with Gasteiger partial charge in [-0.3, -0.25) is 0 Å². The lowest BCUT2D eigenvalue weighted by Crippen LogP contribution is -2.08. The van der Waals surface area contributed by atoms with Gasteiger partial charge in [-0.2, -0.15) is 5.10 Å². The Morgan fingerprint density at radius 2 is 1.45 bits per heavy atom. The van der Waals surface area contributed by atoms with Gasteiger partial charge in [0, 0.05) is 0 Å². The van der Waals surface area contributed by atoms with Crippen molar-refractivity contribution < 1.29 is 0 Å². The smallest absolute Gasteiger partial charge is 0.137 e. The van der Waals surface area contributed by atoms with E-state index < -0.39 is 0 Å². The van der Waals surface area contributed by atoms with Crippen LogP contribution in [0, 0.1) is 0 Å². The fraction of sp³-hybridized carbons (Fsp3) is 0.882. The van der Waals surface area contributed by atoms with Gasteiger partial charge in [0.2, 0.25) is 0 Å². The van der Waals surface area contributed by atoms with E-state index in [1.54, 1.807) is 6.33 Å². The molecule has 0 radical (unpaired) electrons. The highest BCUT2D eigenvalue weighted by Crippen LogP contribution is 2.19. The van der Waals surface area contributed by atoms with E-state index in [0.29, 0.717) is 6.04 Å². The molecule has 0 aromatic carbocycles. The molecular weight excluding hydrogens is 246 g/mol. The van der Waals surface area contributed by atoms with E-state index in [2.05, 4.69) is 23.9 Å². The molecule has 0 aliphatic heterocycles. The van der Waals surface area contributed by atoms with Gasteiger partial charge in [-0.15, -0.1) is 0 Å². The number of aromatic nitrogens is 3. The second-order valence-corrected chi connectivity index (χ2v) is 5.91. The Balaban J connectivity index is 1.91. The third kappa shape index (κ3) is 7.66. The molecule has 20 heavy (non-hydrogen) atoms. The summed E-state index contributed by atoms with van der Waals surface area (Å²) in [6.45, 7) is 4.52. The minimum atomic E-state index is 0.548. The molecule has 0 N–H and O–H groups in total. The van der Waals surface area contributed by atoms with Crippen molar-refractivity contribution >= 4 is 0 Å². The lowest BCUT2D eigenvalue weighted by molar-refractivity contribution is 0.392. The zero-order chi connectivity index (χ0) is 14.5. The molecule has 116 valence electrons. The van der Waals surface area contributed by atoms with Crippen LogP contribution in [0.4, 0.5) is 0 Å². The van der Waals surface area contributed by atoms with Gasteiger partial charge in [-0.1, -0.05) is 78.1 Å². The molecule has 0 saturated carbocycles. The summed E-state index contributed by atoms with van der Waals surface area (Å²) < 4.78 is 2.02. The normalized spacial score (nSPS) is 12.7. The zero-order valence-corrected chi connectivity index (χ0v) is 13.6. The van der Waals surface area contributed by atoms with Crippen LogP contribution in [0.15, 0.2) is 12.7 Å². The molecule has 1 aromatic rings. The molecule has 0 bridgehead atoms. The quantitative estimate of drug-likeness (QED) is 0.444. The maximum absolute atomic E-state index is 4.26. The van der Waals surface area contributed by atoms with Crippen LogP contribution in [-0.4, -0.2) is 14.8 Å². The zero-order valence-electron chi connectivity index (χ0n) is 13.6. The molecule has 1 rings (SSSR count). The third-order valence-electron chi connectivity index (χ3n) is 4.17. The van der Waals surface area contributed by atoms with Crippen LogP contribution in [0.1, 0.15) is 96.9 Å². The maximum atomic E-state index is 4.26. The molecule has 0 aliphatic rings. The number of hydrogen-bond acceptors (Lipinski definition) is 2. The number of hydrogen-bond donors (Lipinski definition) is 0. The first-order valence-corrected chi connectivity index (χ1v) is 8.72. The molecule has 1 unspecified atom stereocenters. The lowest BCUT2D eigenvalue weighted by atomic mass is 10.0. The molecular formula is C17H33N3. The summed E-state index contributed by atoms with van der Waals surface area (Å²) in [6.07, 6.45) is 19.9. The van der Waals surface area contributed by atoms with Crippen LogP contribution in [0.5, 0.6) is 0 Å². The van der Waals surface area contributed by atoms with E-state index >= 15 is 0 Å². The van der Waals surface area contributed by atoms with Crippen LogP contribution in [0.25, 0.3) is 0 Å². The second-order valence-electron chi connectivity index (χ2n) is 5.91. The maximum Gasteiger partial charge on any atom is 0.137 e. The standard InChI is InChI=1S/C17H33N3/c1-3-5-6-7-8-9-10-11-12-13-14-17(4-2)20-16-18-15-19-20/h15-17H,3-14H2,1-2H3. The number of unbranched alkanes of at least 4 members (excludes halogenated alkanes) is 9. The van der Waals surface area contributed by atoms with E-state index in [1.807, 2.05) is 11.0 Å². The van der Waals surface area contributed by atoms with Gasteiger partial charge in [0.25, 0.3) is 0 Å². The van der Waals surface area contributed by atoms with E-state index in [9.17, 15) is 0 Å². The molecule has 0 saturated heterocycles. The molecule has 0 aliphatic carbocycles. The molecule has 1 atom stereocenters. The summed E-state index contributed by atoms with van der Waals surface area (Å²) in [5.41, 5.74) is 0. The van der Waals surface area contributed by atoms with E-state index in [4.69, 9.17) is 0 Å². The fourth-order valence-corrected chi connectivity index (χ4v) is 2.80. The van der Waals surface area contributed by atoms with Gasteiger partial charge in [-0.05, 0) is 12.8 Å². The summed E-state index contributed by atoms with van der Waals surface area (Å²) in [4.78, 5) is 4.04. The van der Waals surface area contributed by atoms with E-state index in [-0.39, 0.29) is 0 Å². The SMILES string of the molecule is CCCCCCCCCCCCC(CC)n1cncn1. The van der Waals surface area contributed by atoms with Crippen molar-refractivity contribution in [1.82, 2.24) is 14.8 Å². The Morgan fingerprint density at radius 1 is 0.850 bits per heavy atom. The van der Waals surface area contributed by atoms with Gasteiger partial charge >= 0.3 is 0 Å². The van der Waals surface area contributed by atoms with Crippen molar-refractivity contribution in [1.29, 1.82) is 0 Å². The predicted molar refractivity (Wildman–Crippen MR) is 85.8 cm³/mol. The molecule has 1 heterocycles. The van der Waals surface area contributed by atoms with Crippen LogP contribution in [-0.2, 0) is 0 Å². The molecule has 3 nitrogen and oxygen atoms in total. The van der Waals surface area contributed by atoms with Gasteiger partial charge in [0.15, 0.2) is 0 Å². The molecule has 0 fully saturated rings. The Hall–Kier alpha value is -0.860. The lowest BCUT2D eigenvalue weighted by Gasteiger charge is -2.14. The Kier molecular flexibility index (Phi) is 10.3. The van der Waals surface area contributed by atoms with Crippen molar-refractivity contribution in [2.24, 2.45) is 0 Å². The topological polar surface area (TPSA) is 30.7 Å². The molecule has 0 amide bonds. The highest BCUT2D eigenvalue weighted by Gasteiger charge is 2.08. The third-order valence-corrected chi connectivity index (χ3v) is 4.17. The molecule has 0 spiro atoms. The minimum absolute atomic E-state index is 0.548. The van der Waals surface area contributed by atoms with Gasteiger partial charge < -0.3 is 0 Å². The van der Waals surface area contributed by atoms with Crippen LogP contribution in [0.2, 0.25) is 0 Å². The second kappa shape index (κ2) is 11.9. The van der Waals surface area contributed by atoms with Gasteiger partial charge in [0.05, 0.1) is 6.04 Å². The highest BCUT2D eigenvalue weighted by molar-refractivity contribution is 4.67.